The molecule has 7 nitrogen and oxygen atoms in total. The van der Waals surface area contributed by atoms with Crippen molar-refractivity contribution in [2.24, 2.45) is 16.8 Å². The van der Waals surface area contributed by atoms with Crippen molar-refractivity contribution in [1.82, 2.24) is 20.0 Å². The van der Waals surface area contributed by atoms with Gasteiger partial charge >= 0.3 is 0 Å². The van der Waals surface area contributed by atoms with Crippen LogP contribution in [0.3, 0.4) is 0 Å². The molecule has 0 aliphatic carbocycles. The summed E-state index contributed by atoms with van der Waals surface area (Å²) in [6.45, 7) is 13.6. The number of rotatable bonds is 5. The molecule has 174 valence electrons. The summed E-state index contributed by atoms with van der Waals surface area (Å²) in [5.74, 6) is 2.63. The molecule has 1 aromatic carbocycles. The van der Waals surface area contributed by atoms with E-state index in [1.807, 2.05) is 12.1 Å². The van der Waals surface area contributed by atoms with Gasteiger partial charge in [0, 0.05) is 45.8 Å². The van der Waals surface area contributed by atoms with Crippen LogP contribution in [0.25, 0.3) is 0 Å². The Hall–Kier alpha value is -1.55. The van der Waals surface area contributed by atoms with Crippen LogP contribution in [0, 0.1) is 11.8 Å². The van der Waals surface area contributed by atoms with Gasteiger partial charge in [0.2, 0.25) is 5.91 Å². The summed E-state index contributed by atoms with van der Waals surface area (Å²) in [7, 11) is 0. The zero-order chi connectivity index (χ0) is 21.5. The Morgan fingerprint density at radius 3 is 2.42 bits per heavy atom. The summed E-state index contributed by atoms with van der Waals surface area (Å²) in [5.41, 5.74) is 0.986. The highest BCUT2D eigenvalue weighted by atomic mass is 127. The number of guanidine groups is 1. The third-order valence-corrected chi connectivity index (χ3v) is 5.91. The molecule has 2 saturated heterocycles. The van der Waals surface area contributed by atoms with Crippen LogP contribution >= 0.6 is 24.0 Å². The fourth-order valence-corrected chi connectivity index (χ4v) is 4.52. The van der Waals surface area contributed by atoms with E-state index in [1.165, 1.54) is 6.42 Å². The molecule has 31 heavy (non-hydrogen) atoms. The first-order chi connectivity index (χ1) is 14.4. The van der Waals surface area contributed by atoms with Gasteiger partial charge < -0.3 is 20.2 Å². The lowest BCUT2D eigenvalue weighted by Crippen LogP contribution is -2.55. The highest BCUT2D eigenvalue weighted by Crippen LogP contribution is 2.21. The molecule has 2 aliphatic heterocycles. The number of nitrogens with zero attached hydrogens (tertiary/aromatic N) is 4. The second kappa shape index (κ2) is 12.5. The predicted molar refractivity (Wildman–Crippen MR) is 136 cm³/mol. The van der Waals surface area contributed by atoms with Crippen LogP contribution in [0.5, 0.6) is 5.75 Å². The number of aliphatic imine (C=N–C) groups is 1. The number of amides is 1. The Labute approximate surface area is 203 Å². The largest absolute Gasteiger partial charge is 0.508 e. The van der Waals surface area contributed by atoms with Gasteiger partial charge in [0.15, 0.2) is 5.96 Å². The first kappa shape index (κ1) is 25.7. The fraction of sp³-hybridized carbons (Fsp3) is 0.652. The van der Waals surface area contributed by atoms with E-state index >= 15 is 0 Å². The molecule has 2 atom stereocenters. The highest BCUT2D eigenvalue weighted by Gasteiger charge is 2.28. The number of halogens is 1. The Morgan fingerprint density at radius 1 is 1.13 bits per heavy atom. The zero-order valence-corrected chi connectivity index (χ0v) is 21.4. The quantitative estimate of drug-likeness (QED) is 0.340. The standard InChI is InChI=1S/C23H37N5O2.HI/c1-4-24-23(25-14-20-6-5-7-21(29)13-20)27-10-8-26(9-11-27)17-22(30)28-15-18(2)12-19(3)16-28;/h5-7,13,18-19,29H,4,8-12,14-17H2,1-3H3,(H,24,25);1H. The van der Waals surface area contributed by atoms with Gasteiger partial charge in [-0.2, -0.15) is 0 Å². The minimum Gasteiger partial charge on any atom is -0.508 e. The summed E-state index contributed by atoms with van der Waals surface area (Å²) in [5, 5.41) is 13.0. The summed E-state index contributed by atoms with van der Waals surface area (Å²) < 4.78 is 0. The van der Waals surface area contributed by atoms with Gasteiger partial charge in [0.05, 0.1) is 13.1 Å². The summed E-state index contributed by atoms with van der Waals surface area (Å²) in [4.78, 5) is 24.1. The minimum absolute atomic E-state index is 0. The Morgan fingerprint density at radius 2 is 1.81 bits per heavy atom. The minimum atomic E-state index is 0. The third-order valence-electron chi connectivity index (χ3n) is 5.91. The molecular formula is C23H38IN5O2. The molecule has 0 aromatic heterocycles. The molecule has 0 saturated carbocycles. The number of phenols is 1. The lowest BCUT2D eigenvalue weighted by Gasteiger charge is -2.39. The van der Waals surface area contributed by atoms with E-state index in [4.69, 9.17) is 4.99 Å². The second-order valence-electron chi connectivity index (χ2n) is 8.85. The lowest BCUT2D eigenvalue weighted by atomic mass is 9.92. The van der Waals surface area contributed by atoms with Crippen LogP contribution in [0.4, 0.5) is 0 Å². The lowest BCUT2D eigenvalue weighted by molar-refractivity contribution is -0.135. The molecule has 1 aromatic rings. The van der Waals surface area contributed by atoms with Crippen molar-refractivity contribution in [3.8, 4) is 5.75 Å². The van der Waals surface area contributed by atoms with Crippen LogP contribution in [-0.2, 0) is 11.3 Å². The Kier molecular flexibility index (Phi) is 10.3. The third kappa shape index (κ3) is 7.82. The molecule has 2 N–H and O–H groups in total. The first-order valence-electron chi connectivity index (χ1n) is 11.3. The number of phenolic OH excluding ortho intramolecular Hbond substituents is 1. The summed E-state index contributed by atoms with van der Waals surface area (Å²) in [6, 6.07) is 7.23. The predicted octanol–water partition coefficient (Wildman–Crippen LogP) is 2.60. The van der Waals surface area contributed by atoms with Gasteiger partial charge in [-0.15, -0.1) is 24.0 Å². The molecule has 0 spiro atoms. The van der Waals surface area contributed by atoms with Gasteiger partial charge in [-0.05, 0) is 42.9 Å². The fourth-order valence-electron chi connectivity index (χ4n) is 4.52. The van der Waals surface area contributed by atoms with Crippen LogP contribution in [0.2, 0.25) is 0 Å². The van der Waals surface area contributed by atoms with E-state index < -0.39 is 0 Å². The van der Waals surface area contributed by atoms with E-state index in [0.717, 1.165) is 57.3 Å². The SMILES string of the molecule is CCNC(=NCc1cccc(O)c1)N1CCN(CC(=O)N2CC(C)CC(C)C2)CC1.I. The summed E-state index contributed by atoms with van der Waals surface area (Å²) >= 11 is 0. The maximum atomic E-state index is 12.8. The number of benzene rings is 1. The van der Waals surface area contributed by atoms with E-state index in [0.29, 0.717) is 24.9 Å². The molecule has 0 bridgehead atoms. The van der Waals surface area contributed by atoms with Crippen molar-refractivity contribution < 1.29 is 9.90 Å². The number of carbonyl (C=O) groups is 1. The van der Waals surface area contributed by atoms with Crippen molar-refractivity contribution >= 4 is 35.8 Å². The van der Waals surface area contributed by atoms with E-state index in [-0.39, 0.29) is 35.6 Å². The van der Waals surface area contributed by atoms with Gasteiger partial charge in [-0.3, -0.25) is 9.69 Å². The zero-order valence-electron chi connectivity index (χ0n) is 19.1. The normalized spacial score (nSPS) is 22.7. The smallest absolute Gasteiger partial charge is 0.236 e. The van der Waals surface area contributed by atoms with Crippen molar-refractivity contribution in [2.75, 3.05) is 52.4 Å². The number of piperazine rings is 1. The van der Waals surface area contributed by atoms with E-state index in [9.17, 15) is 9.90 Å². The molecule has 3 rings (SSSR count). The highest BCUT2D eigenvalue weighted by molar-refractivity contribution is 14.0. The van der Waals surface area contributed by atoms with Gasteiger partial charge in [0.25, 0.3) is 0 Å². The van der Waals surface area contributed by atoms with Crippen LogP contribution in [0.1, 0.15) is 32.8 Å². The maximum absolute atomic E-state index is 12.8. The molecule has 0 radical (unpaired) electrons. The molecular weight excluding hydrogens is 505 g/mol. The molecule has 8 heteroatoms. The monoisotopic (exact) mass is 543 g/mol. The van der Waals surface area contributed by atoms with Gasteiger partial charge in [-0.25, -0.2) is 4.99 Å². The molecule has 2 aliphatic rings. The molecule has 2 fully saturated rings. The number of carbonyl (C=O) groups excluding carboxylic acids is 1. The van der Waals surface area contributed by atoms with Gasteiger partial charge in [-0.1, -0.05) is 26.0 Å². The van der Waals surface area contributed by atoms with Crippen LogP contribution in [-0.4, -0.2) is 84.0 Å². The molecule has 2 unspecified atom stereocenters. The van der Waals surface area contributed by atoms with Gasteiger partial charge in [0.1, 0.15) is 5.75 Å². The molecule has 1 amide bonds. The average molecular weight is 543 g/mol. The van der Waals surface area contributed by atoms with Crippen molar-refractivity contribution in [1.29, 1.82) is 0 Å². The van der Waals surface area contributed by atoms with E-state index in [1.54, 1.807) is 12.1 Å². The van der Waals surface area contributed by atoms with Crippen LogP contribution in [0.15, 0.2) is 29.3 Å². The van der Waals surface area contributed by atoms with Crippen molar-refractivity contribution in [2.45, 2.75) is 33.7 Å². The number of likely N-dealkylation sites (tertiary alicyclic amines) is 1. The first-order valence-corrected chi connectivity index (χ1v) is 11.3. The summed E-state index contributed by atoms with van der Waals surface area (Å²) in [6.07, 6.45) is 1.22. The number of nitrogens with one attached hydrogen (secondary N) is 1. The second-order valence-corrected chi connectivity index (χ2v) is 8.85. The number of hydrogen-bond acceptors (Lipinski definition) is 4. The van der Waals surface area contributed by atoms with Crippen molar-refractivity contribution in [3.63, 3.8) is 0 Å². The number of aromatic hydroxyl groups is 1. The topological polar surface area (TPSA) is 71.4 Å². The van der Waals surface area contributed by atoms with Crippen LogP contribution < -0.4 is 5.32 Å². The average Bonchev–Trinajstić information content (AvgIpc) is 2.71. The maximum Gasteiger partial charge on any atom is 0.236 e. The number of hydrogen-bond donors (Lipinski definition) is 2. The Balaban J connectivity index is 0.00000341. The van der Waals surface area contributed by atoms with Crippen molar-refractivity contribution in [3.05, 3.63) is 29.8 Å². The molecule has 2 heterocycles. The van der Waals surface area contributed by atoms with E-state index in [2.05, 4.69) is 40.8 Å². The Bertz CT molecular complexity index is 726. The number of piperidine rings is 1.